The number of benzene rings is 2. The molecule has 0 bridgehead atoms. The minimum absolute atomic E-state index is 0.114. The SMILES string of the molecule is CCCCN(CCCC)C(=O)CN1C[C@H](c2ccc(OC)cc2)[C@@H](C(=O)OCC)[C@@H]1c1ccc(OC)cc1. The van der Waals surface area contributed by atoms with E-state index in [9.17, 15) is 9.59 Å². The van der Waals surface area contributed by atoms with Gasteiger partial charge in [-0.2, -0.15) is 0 Å². The van der Waals surface area contributed by atoms with Crippen molar-refractivity contribution in [2.45, 2.75) is 58.4 Å². The van der Waals surface area contributed by atoms with E-state index in [1.807, 2.05) is 60.4 Å². The molecule has 0 N–H and O–H groups in total. The molecule has 0 radical (unpaired) electrons. The van der Waals surface area contributed by atoms with Crippen molar-refractivity contribution in [3.63, 3.8) is 0 Å². The Labute approximate surface area is 228 Å². The molecule has 0 aliphatic carbocycles. The van der Waals surface area contributed by atoms with Crippen LogP contribution >= 0.6 is 0 Å². The van der Waals surface area contributed by atoms with Crippen LogP contribution in [0.2, 0.25) is 0 Å². The van der Waals surface area contributed by atoms with Crippen LogP contribution in [0.1, 0.15) is 69.5 Å². The molecular weight excluding hydrogens is 480 g/mol. The Morgan fingerprint density at radius 2 is 1.37 bits per heavy atom. The highest BCUT2D eigenvalue weighted by Gasteiger charge is 2.48. The number of hydrogen-bond donors (Lipinski definition) is 0. The molecule has 0 aromatic heterocycles. The highest BCUT2D eigenvalue weighted by molar-refractivity contribution is 5.79. The molecule has 0 unspecified atom stereocenters. The van der Waals surface area contributed by atoms with E-state index in [2.05, 4.69) is 18.7 Å². The van der Waals surface area contributed by atoms with Crippen molar-refractivity contribution in [1.29, 1.82) is 0 Å². The Hall–Kier alpha value is -3.06. The van der Waals surface area contributed by atoms with E-state index < -0.39 is 5.92 Å². The highest BCUT2D eigenvalue weighted by Crippen LogP contribution is 2.46. The van der Waals surface area contributed by atoms with Gasteiger partial charge in [-0.1, -0.05) is 51.0 Å². The van der Waals surface area contributed by atoms with Crippen LogP contribution in [0, 0.1) is 5.92 Å². The average Bonchev–Trinajstić information content (AvgIpc) is 3.32. The van der Waals surface area contributed by atoms with E-state index in [1.165, 1.54) is 0 Å². The molecule has 1 fully saturated rings. The van der Waals surface area contributed by atoms with E-state index in [1.54, 1.807) is 14.2 Å². The number of likely N-dealkylation sites (tertiary alicyclic amines) is 1. The van der Waals surface area contributed by atoms with Crippen molar-refractivity contribution in [2.24, 2.45) is 5.92 Å². The van der Waals surface area contributed by atoms with Crippen LogP contribution in [0.3, 0.4) is 0 Å². The van der Waals surface area contributed by atoms with Gasteiger partial charge in [0.15, 0.2) is 0 Å². The molecule has 1 heterocycles. The highest BCUT2D eigenvalue weighted by atomic mass is 16.5. The Morgan fingerprint density at radius 3 is 1.84 bits per heavy atom. The average molecular weight is 525 g/mol. The van der Waals surface area contributed by atoms with Crippen molar-refractivity contribution in [3.05, 3.63) is 59.7 Å². The summed E-state index contributed by atoms with van der Waals surface area (Å²) in [7, 11) is 3.28. The topological polar surface area (TPSA) is 68.3 Å². The van der Waals surface area contributed by atoms with E-state index in [4.69, 9.17) is 14.2 Å². The van der Waals surface area contributed by atoms with Gasteiger partial charge >= 0.3 is 5.97 Å². The second-order valence-corrected chi connectivity index (χ2v) is 9.89. The summed E-state index contributed by atoms with van der Waals surface area (Å²) in [5, 5.41) is 0. The normalized spacial score (nSPS) is 19.2. The zero-order chi connectivity index (χ0) is 27.5. The first kappa shape index (κ1) is 29.5. The number of ether oxygens (including phenoxy) is 3. The lowest BCUT2D eigenvalue weighted by atomic mass is 9.82. The van der Waals surface area contributed by atoms with E-state index in [0.29, 0.717) is 13.2 Å². The first-order valence-corrected chi connectivity index (χ1v) is 13.9. The predicted octanol–water partition coefficient (Wildman–Crippen LogP) is 5.45. The first-order valence-electron chi connectivity index (χ1n) is 13.9. The van der Waals surface area contributed by atoms with Crippen molar-refractivity contribution >= 4 is 11.9 Å². The summed E-state index contributed by atoms with van der Waals surface area (Å²) in [4.78, 5) is 31.3. The Bertz CT molecular complexity index is 1000. The minimum atomic E-state index is -0.454. The van der Waals surface area contributed by atoms with Gasteiger partial charge in [0, 0.05) is 31.6 Å². The quantitative estimate of drug-likeness (QED) is 0.306. The lowest BCUT2D eigenvalue weighted by Crippen LogP contribution is -2.42. The Balaban J connectivity index is 2.00. The number of unbranched alkanes of at least 4 members (excludes halogenated alkanes) is 2. The largest absolute Gasteiger partial charge is 0.497 e. The summed E-state index contributed by atoms with van der Waals surface area (Å²) in [6, 6.07) is 15.4. The molecule has 3 atom stereocenters. The fraction of sp³-hybridized carbons (Fsp3) is 0.548. The van der Waals surface area contributed by atoms with Crippen molar-refractivity contribution in [3.8, 4) is 11.5 Å². The summed E-state index contributed by atoms with van der Waals surface area (Å²) >= 11 is 0. The Morgan fingerprint density at radius 1 is 0.842 bits per heavy atom. The van der Waals surface area contributed by atoms with Crippen LogP contribution in [0.15, 0.2) is 48.5 Å². The molecule has 1 aliphatic heterocycles. The van der Waals surface area contributed by atoms with Gasteiger partial charge in [0.2, 0.25) is 5.91 Å². The number of amides is 1. The fourth-order valence-corrected chi connectivity index (χ4v) is 5.34. The fourth-order valence-electron chi connectivity index (χ4n) is 5.34. The summed E-state index contributed by atoms with van der Waals surface area (Å²) in [6.45, 7) is 8.79. The number of methoxy groups -OCH3 is 2. The number of hydrogen-bond acceptors (Lipinski definition) is 6. The van der Waals surface area contributed by atoms with E-state index >= 15 is 0 Å². The maximum absolute atomic E-state index is 13.6. The van der Waals surface area contributed by atoms with E-state index in [0.717, 1.165) is 61.4 Å². The zero-order valence-electron chi connectivity index (χ0n) is 23.7. The Kier molecular flexibility index (Phi) is 11.5. The zero-order valence-corrected chi connectivity index (χ0v) is 23.7. The van der Waals surface area contributed by atoms with E-state index in [-0.39, 0.29) is 30.4 Å². The number of nitrogens with zero attached hydrogens (tertiary/aromatic N) is 2. The second-order valence-electron chi connectivity index (χ2n) is 9.89. The molecule has 1 amide bonds. The number of rotatable bonds is 14. The molecule has 7 heteroatoms. The van der Waals surface area contributed by atoms with Gasteiger partial charge in [-0.15, -0.1) is 0 Å². The third kappa shape index (κ3) is 7.28. The molecule has 208 valence electrons. The summed E-state index contributed by atoms with van der Waals surface area (Å²) in [5.41, 5.74) is 2.01. The van der Waals surface area contributed by atoms with Gasteiger partial charge in [-0.3, -0.25) is 14.5 Å². The van der Waals surface area contributed by atoms with Crippen molar-refractivity contribution in [1.82, 2.24) is 9.80 Å². The monoisotopic (exact) mass is 524 g/mol. The summed E-state index contributed by atoms with van der Waals surface area (Å²) < 4.78 is 16.4. The standard InChI is InChI=1S/C31H44N2O5/c1-6-9-19-32(20-10-7-2)28(34)22-33-21-27(23-11-15-25(36-4)16-12-23)29(31(35)38-8-3)30(33)24-13-17-26(37-5)18-14-24/h11-18,27,29-30H,6-10,19-22H2,1-5H3/t27-,29-,30+/m1/s1. The molecule has 2 aromatic carbocycles. The third-order valence-electron chi connectivity index (χ3n) is 7.41. The van der Waals surface area contributed by atoms with Crippen LogP contribution in [-0.4, -0.2) is 68.7 Å². The second kappa shape index (κ2) is 14.8. The van der Waals surface area contributed by atoms with Gasteiger partial charge in [-0.25, -0.2) is 0 Å². The maximum Gasteiger partial charge on any atom is 0.311 e. The van der Waals surface area contributed by atoms with Crippen LogP contribution in [0.25, 0.3) is 0 Å². The van der Waals surface area contributed by atoms with Crippen LogP contribution in [0.5, 0.6) is 11.5 Å². The van der Waals surface area contributed by atoms with Crippen molar-refractivity contribution in [2.75, 3.05) is 47.0 Å². The number of esters is 1. The van der Waals surface area contributed by atoms with Crippen molar-refractivity contribution < 1.29 is 23.8 Å². The first-order chi connectivity index (χ1) is 18.5. The van der Waals surface area contributed by atoms with Crippen LogP contribution in [0.4, 0.5) is 0 Å². The summed E-state index contributed by atoms with van der Waals surface area (Å²) in [5.74, 6) is 0.810. The molecule has 2 aromatic rings. The molecular formula is C31H44N2O5. The maximum atomic E-state index is 13.6. The molecule has 1 saturated heterocycles. The molecule has 3 rings (SSSR count). The number of carbonyl (C=O) groups is 2. The lowest BCUT2D eigenvalue weighted by molar-refractivity contribution is -0.150. The van der Waals surface area contributed by atoms with Crippen LogP contribution < -0.4 is 9.47 Å². The molecule has 7 nitrogen and oxygen atoms in total. The van der Waals surface area contributed by atoms with Gasteiger partial charge in [-0.05, 0) is 55.2 Å². The lowest BCUT2D eigenvalue weighted by Gasteiger charge is -2.30. The minimum Gasteiger partial charge on any atom is -0.497 e. The molecule has 38 heavy (non-hydrogen) atoms. The predicted molar refractivity (Wildman–Crippen MR) is 150 cm³/mol. The molecule has 0 saturated carbocycles. The van der Waals surface area contributed by atoms with Gasteiger partial charge in [0.1, 0.15) is 11.5 Å². The van der Waals surface area contributed by atoms with Gasteiger partial charge in [0.25, 0.3) is 0 Å². The molecule has 0 spiro atoms. The molecule has 1 aliphatic rings. The smallest absolute Gasteiger partial charge is 0.311 e. The van der Waals surface area contributed by atoms with Gasteiger partial charge in [0.05, 0.1) is 33.3 Å². The van der Waals surface area contributed by atoms with Crippen LogP contribution in [-0.2, 0) is 14.3 Å². The number of carbonyl (C=O) groups excluding carboxylic acids is 2. The summed E-state index contributed by atoms with van der Waals surface area (Å²) in [6.07, 6.45) is 4.05. The third-order valence-corrected chi connectivity index (χ3v) is 7.41. The van der Waals surface area contributed by atoms with Gasteiger partial charge < -0.3 is 19.1 Å².